The van der Waals surface area contributed by atoms with E-state index in [1.54, 1.807) is 26.0 Å². The molecule has 1 heterocycles. The largest absolute Gasteiger partial charge is 0.497 e. The molecule has 0 aliphatic carbocycles. The van der Waals surface area contributed by atoms with E-state index in [0.29, 0.717) is 23.5 Å². The smallest absolute Gasteiger partial charge is 0.279 e. The Morgan fingerprint density at radius 3 is 2.62 bits per heavy atom. The highest BCUT2D eigenvalue weighted by atomic mass is 32.2. The van der Waals surface area contributed by atoms with Crippen molar-refractivity contribution >= 4 is 39.2 Å². The SMILES string of the molecule is COCCn1c(=NC(=O)c2ccc(SC)cc2)sc2cc(OC)ccc21. The number of rotatable bonds is 6. The summed E-state index contributed by atoms with van der Waals surface area (Å²) in [5.41, 5.74) is 1.59. The maximum absolute atomic E-state index is 12.6. The van der Waals surface area contributed by atoms with Gasteiger partial charge in [-0.1, -0.05) is 11.3 Å². The van der Waals surface area contributed by atoms with Gasteiger partial charge in [0.2, 0.25) is 0 Å². The van der Waals surface area contributed by atoms with E-state index in [0.717, 1.165) is 20.9 Å². The van der Waals surface area contributed by atoms with Crippen molar-refractivity contribution in [1.29, 1.82) is 0 Å². The molecule has 0 N–H and O–H groups in total. The minimum absolute atomic E-state index is 0.248. The molecule has 0 radical (unpaired) electrons. The molecule has 3 aromatic rings. The van der Waals surface area contributed by atoms with Crippen molar-refractivity contribution in [2.45, 2.75) is 11.4 Å². The molecule has 0 aliphatic rings. The molecule has 0 unspecified atom stereocenters. The first-order chi connectivity index (χ1) is 12.7. The lowest BCUT2D eigenvalue weighted by atomic mass is 10.2. The van der Waals surface area contributed by atoms with Gasteiger partial charge in [-0.05, 0) is 48.7 Å². The van der Waals surface area contributed by atoms with Crippen molar-refractivity contribution in [2.24, 2.45) is 4.99 Å². The zero-order chi connectivity index (χ0) is 18.5. The predicted octanol–water partition coefficient (Wildman–Crippen LogP) is 3.82. The van der Waals surface area contributed by atoms with Crippen LogP contribution in [0, 0.1) is 0 Å². The lowest BCUT2D eigenvalue weighted by Crippen LogP contribution is -2.19. The van der Waals surface area contributed by atoms with E-state index in [4.69, 9.17) is 9.47 Å². The number of thiazole rings is 1. The molecule has 0 fully saturated rings. The van der Waals surface area contributed by atoms with Crippen LogP contribution in [0.3, 0.4) is 0 Å². The number of thioether (sulfide) groups is 1. The molecular weight excluding hydrogens is 368 g/mol. The van der Waals surface area contributed by atoms with Crippen LogP contribution in [0.15, 0.2) is 52.4 Å². The van der Waals surface area contributed by atoms with Crippen molar-refractivity contribution in [3.05, 3.63) is 52.8 Å². The van der Waals surface area contributed by atoms with Crippen LogP contribution in [-0.2, 0) is 11.3 Å². The zero-order valence-corrected chi connectivity index (χ0v) is 16.5. The minimum atomic E-state index is -0.248. The quantitative estimate of drug-likeness (QED) is 0.603. The maximum Gasteiger partial charge on any atom is 0.279 e. The summed E-state index contributed by atoms with van der Waals surface area (Å²) in [6.07, 6.45) is 2.01. The summed E-state index contributed by atoms with van der Waals surface area (Å²) in [7, 11) is 3.30. The molecular formula is C19H20N2O3S2. The number of hydrogen-bond acceptors (Lipinski definition) is 5. The molecule has 1 aromatic heterocycles. The average Bonchev–Trinajstić information content (AvgIpc) is 3.02. The van der Waals surface area contributed by atoms with E-state index in [1.807, 2.05) is 53.3 Å². The second kappa shape index (κ2) is 8.53. The van der Waals surface area contributed by atoms with Gasteiger partial charge >= 0.3 is 0 Å². The van der Waals surface area contributed by atoms with Gasteiger partial charge in [0.15, 0.2) is 4.80 Å². The van der Waals surface area contributed by atoms with E-state index in [2.05, 4.69) is 4.99 Å². The molecule has 5 nitrogen and oxygen atoms in total. The molecule has 26 heavy (non-hydrogen) atoms. The van der Waals surface area contributed by atoms with Gasteiger partial charge in [0, 0.05) is 24.1 Å². The number of ether oxygens (including phenoxy) is 2. The van der Waals surface area contributed by atoms with Gasteiger partial charge in [-0.3, -0.25) is 4.79 Å². The Balaban J connectivity index is 2.05. The third-order valence-corrected chi connectivity index (χ3v) is 5.73. The van der Waals surface area contributed by atoms with Crippen LogP contribution in [0.25, 0.3) is 10.2 Å². The summed E-state index contributed by atoms with van der Waals surface area (Å²) in [4.78, 5) is 18.7. The zero-order valence-electron chi connectivity index (χ0n) is 14.9. The van der Waals surface area contributed by atoms with Crippen molar-refractivity contribution in [2.75, 3.05) is 27.1 Å². The Morgan fingerprint density at radius 1 is 1.19 bits per heavy atom. The van der Waals surface area contributed by atoms with Gasteiger partial charge in [-0.15, -0.1) is 11.8 Å². The number of carbonyl (C=O) groups excluding carboxylic acids is 1. The van der Waals surface area contributed by atoms with Crippen LogP contribution in [0.1, 0.15) is 10.4 Å². The molecule has 0 saturated heterocycles. The number of aromatic nitrogens is 1. The fourth-order valence-electron chi connectivity index (χ4n) is 2.55. The summed E-state index contributed by atoms with van der Waals surface area (Å²) in [6.45, 7) is 1.17. The van der Waals surface area contributed by atoms with Crippen LogP contribution in [0.2, 0.25) is 0 Å². The summed E-state index contributed by atoms with van der Waals surface area (Å²) in [5.74, 6) is 0.533. The molecule has 3 rings (SSSR count). The maximum atomic E-state index is 12.6. The van der Waals surface area contributed by atoms with E-state index in [-0.39, 0.29) is 5.91 Å². The van der Waals surface area contributed by atoms with E-state index >= 15 is 0 Å². The highest BCUT2D eigenvalue weighted by Gasteiger charge is 2.10. The fourth-order valence-corrected chi connectivity index (χ4v) is 4.04. The molecule has 136 valence electrons. The normalized spacial score (nSPS) is 11.9. The molecule has 0 aliphatic heterocycles. The standard InChI is InChI=1S/C19H20N2O3S2/c1-23-11-10-21-16-9-6-14(24-2)12-17(16)26-19(21)20-18(22)13-4-7-15(25-3)8-5-13/h4-9,12H,10-11H2,1-3H3. The topological polar surface area (TPSA) is 52.8 Å². The Labute approximate surface area is 160 Å². The number of benzene rings is 2. The molecule has 0 spiro atoms. The van der Waals surface area contributed by atoms with Gasteiger partial charge < -0.3 is 14.0 Å². The highest BCUT2D eigenvalue weighted by molar-refractivity contribution is 7.98. The van der Waals surface area contributed by atoms with E-state index < -0.39 is 0 Å². The number of carbonyl (C=O) groups is 1. The second-order valence-electron chi connectivity index (χ2n) is 5.51. The first kappa shape index (κ1) is 18.7. The minimum Gasteiger partial charge on any atom is -0.497 e. The molecule has 7 heteroatoms. The summed E-state index contributed by atoms with van der Waals surface area (Å²) < 4.78 is 13.5. The lowest BCUT2D eigenvalue weighted by molar-refractivity contribution is 0.0997. The van der Waals surface area contributed by atoms with Crippen molar-refractivity contribution < 1.29 is 14.3 Å². The second-order valence-corrected chi connectivity index (χ2v) is 7.40. The summed E-state index contributed by atoms with van der Waals surface area (Å²) in [5, 5.41) is 0. The Bertz CT molecular complexity index is 975. The molecule has 2 aromatic carbocycles. The number of fused-ring (bicyclic) bond motifs is 1. The van der Waals surface area contributed by atoms with Crippen LogP contribution < -0.4 is 9.54 Å². The molecule has 0 atom stereocenters. The third kappa shape index (κ3) is 4.00. The summed E-state index contributed by atoms with van der Waals surface area (Å²) >= 11 is 3.11. The van der Waals surface area contributed by atoms with Gasteiger partial charge in [0.1, 0.15) is 5.75 Å². The Kier molecular flexibility index (Phi) is 6.13. The van der Waals surface area contributed by atoms with Crippen molar-refractivity contribution in [3.8, 4) is 5.75 Å². The fraction of sp³-hybridized carbons (Fsp3) is 0.263. The van der Waals surface area contributed by atoms with Gasteiger partial charge in [-0.2, -0.15) is 4.99 Å². The lowest BCUT2D eigenvalue weighted by Gasteiger charge is -2.05. The van der Waals surface area contributed by atoms with Crippen molar-refractivity contribution in [3.63, 3.8) is 0 Å². The number of amides is 1. The van der Waals surface area contributed by atoms with Crippen LogP contribution >= 0.6 is 23.1 Å². The first-order valence-electron chi connectivity index (χ1n) is 8.05. The van der Waals surface area contributed by atoms with E-state index in [9.17, 15) is 4.79 Å². The monoisotopic (exact) mass is 388 g/mol. The molecule has 1 amide bonds. The first-order valence-corrected chi connectivity index (χ1v) is 10.1. The summed E-state index contributed by atoms with van der Waals surface area (Å²) in [6, 6.07) is 13.3. The van der Waals surface area contributed by atoms with Crippen LogP contribution in [0.4, 0.5) is 0 Å². The van der Waals surface area contributed by atoms with Crippen LogP contribution in [-0.4, -0.2) is 37.6 Å². The predicted molar refractivity (Wildman–Crippen MR) is 106 cm³/mol. The number of nitrogens with zero attached hydrogens (tertiary/aromatic N) is 2. The van der Waals surface area contributed by atoms with Gasteiger partial charge in [-0.25, -0.2) is 0 Å². The van der Waals surface area contributed by atoms with Crippen molar-refractivity contribution in [1.82, 2.24) is 4.57 Å². The Hall–Kier alpha value is -2.09. The third-order valence-electron chi connectivity index (χ3n) is 3.94. The number of methoxy groups -OCH3 is 2. The molecule has 0 bridgehead atoms. The highest BCUT2D eigenvalue weighted by Crippen LogP contribution is 2.23. The van der Waals surface area contributed by atoms with Crippen LogP contribution in [0.5, 0.6) is 5.75 Å². The van der Waals surface area contributed by atoms with E-state index in [1.165, 1.54) is 11.3 Å². The van der Waals surface area contributed by atoms with Gasteiger partial charge in [0.05, 0.1) is 23.9 Å². The Morgan fingerprint density at radius 2 is 1.96 bits per heavy atom. The number of hydrogen-bond donors (Lipinski definition) is 0. The average molecular weight is 389 g/mol. The van der Waals surface area contributed by atoms with Gasteiger partial charge in [0.25, 0.3) is 5.91 Å². The molecule has 0 saturated carbocycles.